The lowest BCUT2D eigenvalue weighted by Gasteiger charge is -2.36. The Morgan fingerprint density at radius 3 is 2.35 bits per heavy atom. The summed E-state index contributed by atoms with van der Waals surface area (Å²) in [5.74, 6) is 1.39. The van der Waals surface area contributed by atoms with E-state index < -0.39 is 5.60 Å². The lowest BCUT2D eigenvalue weighted by atomic mass is 9.72. The fourth-order valence-electron chi connectivity index (χ4n) is 4.50. The average Bonchev–Trinajstić information content (AvgIpc) is 2.70. The number of likely N-dealkylation sites (tertiary alicyclic amines) is 1. The molecule has 1 saturated carbocycles. The van der Waals surface area contributed by atoms with E-state index >= 15 is 0 Å². The highest BCUT2D eigenvalue weighted by atomic mass is 127. The molecule has 0 aromatic carbocycles. The second kappa shape index (κ2) is 13.7. The number of ether oxygens (including phenoxy) is 1. The van der Waals surface area contributed by atoms with Crippen LogP contribution in [-0.4, -0.2) is 67.0 Å². The van der Waals surface area contributed by atoms with Crippen molar-refractivity contribution >= 4 is 36.0 Å². The maximum absolute atomic E-state index is 12.2. The largest absolute Gasteiger partial charge is 0.444 e. The maximum atomic E-state index is 12.2. The number of amides is 1. The number of carbonyl (C=O) groups excluding carboxylic acids is 1. The molecular formula is C23H45IN4O3. The number of nitrogens with one attached hydrogen (secondary N) is 2. The zero-order valence-corrected chi connectivity index (χ0v) is 22.4. The topological polar surface area (TPSA) is 86.2 Å². The zero-order chi connectivity index (χ0) is 22.0. The molecule has 0 aromatic rings. The summed E-state index contributed by atoms with van der Waals surface area (Å²) in [6, 6.07) is 0. The lowest BCUT2D eigenvalue weighted by Crippen LogP contribution is -2.45. The Hall–Kier alpha value is -0.770. The van der Waals surface area contributed by atoms with Gasteiger partial charge in [0, 0.05) is 39.3 Å². The summed E-state index contributed by atoms with van der Waals surface area (Å²) in [6.07, 6.45) is 8.71. The van der Waals surface area contributed by atoms with Crippen LogP contribution < -0.4 is 10.6 Å². The Labute approximate surface area is 206 Å². The maximum Gasteiger partial charge on any atom is 0.410 e. The quantitative estimate of drug-likeness (QED) is 0.251. The number of carbonyl (C=O) groups is 1. The Balaban J connectivity index is 0.00000480. The Morgan fingerprint density at radius 2 is 1.81 bits per heavy atom. The average molecular weight is 553 g/mol. The minimum Gasteiger partial charge on any atom is -0.444 e. The van der Waals surface area contributed by atoms with Gasteiger partial charge in [-0.2, -0.15) is 0 Å². The van der Waals surface area contributed by atoms with E-state index in [1.165, 1.54) is 32.1 Å². The second-order valence-corrected chi connectivity index (χ2v) is 10.0. The first-order valence-corrected chi connectivity index (χ1v) is 11.9. The number of halogens is 1. The number of piperidine rings is 1. The molecule has 1 aliphatic carbocycles. The van der Waals surface area contributed by atoms with Crippen LogP contribution in [0.5, 0.6) is 0 Å². The van der Waals surface area contributed by atoms with E-state index in [2.05, 4.69) is 17.6 Å². The normalized spacial score (nSPS) is 20.0. The molecule has 0 aromatic heterocycles. The van der Waals surface area contributed by atoms with Crippen molar-refractivity contribution in [2.45, 2.75) is 84.7 Å². The molecule has 0 atom stereocenters. The molecule has 8 heteroatoms. The van der Waals surface area contributed by atoms with Gasteiger partial charge in [0.25, 0.3) is 0 Å². The summed E-state index contributed by atoms with van der Waals surface area (Å²) in [5.41, 5.74) is -0.285. The standard InChI is InChI=1S/C23H44N4O3.HI/c1-5-24-20(26-18-23(13-16-28)11-7-6-8-12-23)25-17-19-9-14-27(15-10-19)21(29)30-22(2,3)4;/h19,28H,5-18H2,1-4H3,(H2,24,25,26);1H. The van der Waals surface area contributed by atoms with Crippen LogP contribution in [-0.2, 0) is 4.74 Å². The number of hydrogen-bond acceptors (Lipinski definition) is 4. The predicted octanol–water partition coefficient (Wildman–Crippen LogP) is 4.14. The van der Waals surface area contributed by atoms with Gasteiger partial charge in [0.1, 0.15) is 5.60 Å². The molecule has 0 radical (unpaired) electrons. The molecule has 1 amide bonds. The molecule has 0 spiro atoms. The van der Waals surface area contributed by atoms with E-state index in [1.54, 1.807) is 0 Å². The summed E-state index contributed by atoms with van der Waals surface area (Å²) in [7, 11) is 0. The van der Waals surface area contributed by atoms with Crippen molar-refractivity contribution in [3.63, 3.8) is 0 Å². The van der Waals surface area contributed by atoms with Crippen molar-refractivity contribution in [3.8, 4) is 0 Å². The number of guanidine groups is 1. The summed E-state index contributed by atoms with van der Waals surface area (Å²) in [5, 5.41) is 16.4. The smallest absolute Gasteiger partial charge is 0.410 e. The molecule has 1 heterocycles. The van der Waals surface area contributed by atoms with Crippen LogP contribution in [0.2, 0.25) is 0 Å². The van der Waals surface area contributed by atoms with Gasteiger partial charge in [0.15, 0.2) is 5.96 Å². The van der Waals surface area contributed by atoms with Crippen LogP contribution in [0.15, 0.2) is 4.99 Å². The number of aliphatic hydroxyl groups excluding tert-OH is 1. The molecular weight excluding hydrogens is 507 g/mol. The van der Waals surface area contributed by atoms with Crippen molar-refractivity contribution in [1.82, 2.24) is 15.5 Å². The first kappa shape index (κ1) is 28.3. The van der Waals surface area contributed by atoms with Crippen LogP contribution in [0.1, 0.15) is 79.1 Å². The number of hydrogen-bond donors (Lipinski definition) is 3. The summed E-state index contributed by atoms with van der Waals surface area (Å²) in [4.78, 5) is 18.9. The van der Waals surface area contributed by atoms with Crippen molar-refractivity contribution in [1.29, 1.82) is 0 Å². The van der Waals surface area contributed by atoms with Crippen LogP contribution in [0.3, 0.4) is 0 Å². The van der Waals surface area contributed by atoms with E-state index in [0.717, 1.165) is 57.9 Å². The molecule has 0 bridgehead atoms. The highest BCUT2D eigenvalue weighted by molar-refractivity contribution is 14.0. The fourth-order valence-corrected chi connectivity index (χ4v) is 4.50. The molecule has 2 aliphatic rings. The highest BCUT2D eigenvalue weighted by Crippen LogP contribution is 2.39. The van der Waals surface area contributed by atoms with Crippen molar-refractivity contribution < 1.29 is 14.6 Å². The van der Waals surface area contributed by atoms with Gasteiger partial charge in [-0.1, -0.05) is 19.3 Å². The third-order valence-electron chi connectivity index (χ3n) is 6.30. The predicted molar refractivity (Wildman–Crippen MR) is 137 cm³/mol. The number of nitrogens with zero attached hydrogens (tertiary/aromatic N) is 2. The van der Waals surface area contributed by atoms with Gasteiger partial charge >= 0.3 is 6.09 Å². The van der Waals surface area contributed by atoms with Crippen molar-refractivity contribution in [2.24, 2.45) is 16.3 Å². The Morgan fingerprint density at radius 1 is 1.16 bits per heavy atom. The zero-order valence-electron chi connectivity index (χ0n) is 20.0. The van der Waals surface area contributed by atoms with Gasteiger partial charge < -0.3 is 25.4 Å². The first-order valence-electron chi connectivity index (χ1n) is 11.9. The molecule has 3 N–H and O–H groups in total. The van der Waals surface area contributed by atoms with Gasteiger partial charge in [-0.3, -0.25) is 4.99 Å². The Bertz CT molecular complexity index is 546. The minimum atomic E-state index is -0.446. The minimum absolute atomic E-state index is 0. The van der Waals surface area contributed by atoms with Crippen LogP contribution in [0.4, 0.5) is 4.79 Å². The van der Waals surface area contributed by atoms with E-state index in [0.29, 0.717) is 5.92 Å². The molecule has 2 rings (SSSR count). The fraction of sp³-hybridized carbons (Fsp3) is 0.913. The summed E-state index contributed by atoms with van der Waals surface area (Å²) < 4.78 is 5.49. The number of aliphatic hydroxyl groups is 1. The van der Waals surface area contributed by atoms with Gasteiger partial charge in [-0.25, -0.2) is 4.79 Å². The van der Waals surface area contributed by atoms with Crippen molar-refractivity contribution in [2.75, 3.05) is 39.3 Å². The third kappa shape index (κ3) is 10.1. The molecule has 1 aliphatic heterocycles. The lowest BCUT2D eigenvalue weighted by molar-refractivity contribution is 0.0185. The van der Waals surface area contributed by atoms with E-state index in [4.69, 9.17) is 9.73 Å². The summed E-state index contributed by atoms with van der Waals surface area (Å²) in [6.45, 7) is 12.0. The first-order chi connectivity index (χ1) is 14.3. The van der Waals surface area contributed by atoms with E-state index in [-0.39, 0.29) is 42.1 Å². The Kier molecular flexibility index (Phi) is 12.5. The van der Waals surface area contributed by atoms with Crippen LogP contribution >= 0.6 is 24.0 Å². The number of aliphatic imine (C=N–C) groups is 1. The van der Waals surface area contributed by atoms with Crippen molar-refractivity contribution in [3.05, 3.63) is 0 Å². The van der Waals surface area contributed by atoms with E-state index in [9.17, 15) is 9.90 Å². The van der Waals surface area contributed by atoms with Crippen LogP contribution in [0.25, 0.3) is 0 Å². The number of rotatable bonds is 7. The third-order valence-corrected chi connectivity index (χ3v) is 6.30. The molecule has 31 heavy (non-hydrogen) atoms. The van der Waals surface area contributed by atoms with Gasteiger partial charge in [0.2, 0.25) is 0 Å². The van der Waals surface area contributed by atoms with Crippen LogP contribution in [0, 0.1) is 11.3 Å². The van der Waals surface area contributed by atoms with Gasteiger partial charge in [-0.05, 0) is 71.1 Å². The molecule has 1 saturated heterocycles. The SMILES string of the molecule is CCNC(=NCC1(CCO)CCCCC1)NCC1CCN(C(=O)OC(C)(C)C)CC1.I. The molecule has 2 fully saturated rings. The molecule has 182 valence electrons. The molecule has 0 unspecified atom stereocenters. The molecule has 7 nitrogen and oxygen atoms in total. The monoisotopic (exact) mass is 552 g/mol. The van der Waals surface area contributed by atoms with E-state index in [1.807, 2.05) is 25.7 Å². The van der Waals surface area contributed by atoms with Gasteiger partial charge in [-0.15, -0.1) is 24.0 Å². The second-order valence-electron chi connectivity index (χ2n) is 10.0. The summed E-state index contributed by atoms with van der Waals surface area (Å²) >= 11 is 0. The van der Waals surface area contributed by atoms with Gasteiger partial charge in [0.05, 0.1) is 0 Å². The highest BCUT2D eigenvalue weighted by Gasteiger charge is 2.31.